The monoisotopic (exact) mass is 361 g/mol. The third kappa shape index (κ3) is 3.72. The second kappa shape index (κ2) is 5.72. The first-order valence-corrected chi connectivity index (χ1v) is 6.36. The highest BCUT2D eigenvalue weighted by molar-refractivity contribution is 9.10. The maximum atomic E-state index is 12.4. The Kier molecular flexibility index (Phi) is 4.17. The number of benzene rings is 2. The summed E-state index contributed by atoms with van der Waals surface area (Å²) in [7, 11) is 0. The molecule has 0 aliphatic rings. The standard InChI is InChI=1S/C13H7BrF3NO3/c14-9-3-6-12(11(7-9)18(19)20)21-10-4-1-8(2-5-10)13(15,16)17/h1-7H. The van der Waals surface area contributed by atoms with Gasteiger partial charge in [-0.3, -0.25) is 10.1 Å². The molecule has 2 rings (SSSR count). The van der Waals surface area contributed by atoms with Crippen molar-refractivity contribution in [2.45, 2.75) is 6.18 Å². The van der Waals surface area contributed by atoms with E-state index in [0.29, 0.717) is 4.47 Å². The topological polar surface area (TPSA) is 52.4 Å². The Morgan fingerprint density at radius 3 is 2.24 bits per heavy atom. The number of rotatable bonds is 3. The van der Waals surface area contributed by atoms with E-state index in [1.54, 1.807) is 0 Å². The largest absolute Gasteiger partial charge is 0.450 e. The fourth-order valence-corrected chi connectivity index (χ4v) is 1.91. The first-order chi connectivity index (χ1) is 9.77. The van der Waals surface area contributed by atoms with Gasteiger partial charge in [-0.25, -0.2) is 0 Å². The minimum absolute atomic E-state index is 0.0528. The first kappa shape index (κ1) is 15.3. The number of halogens is 4. The third-order valence-corrected chi connectivity index (χ3v) is 3.02. The predicted molar refractivity (Wildman–Crippen MR) is 72.3 cm³/mol. The molecule has 0 fully saturated rings. The van der Waals surface area contributed by atoms with Gasteiger partial charge in [0.2, 0.25) is 5.75 Å². The summed E-state index contributed by atoms with van der Waals surface area (Å²) < 4.78 is 43.0. The molecule has 21 heavy (non-hydrogen) atoms. The van der Waals surface area contributed by atoms with E-state index in [2.05, 4.69) is 15.9 Å². The molecule has 0 amide bonds. The molecule has 2 aromatic carbocycles. The van der Waals surface area contributed by atoms with Crippen LogP contribution in [-0.4, -0.2) is 4.92 Å². The minimum atomic E-state index is -4.44. The summed E-state index contributed by atoms with van der Waals surface area (Å²) in [6.45, 7) is 0. The lowest BCUT2D eigenvalue weighted by Gasteiger charge is -2.09. The third-order valence-electron chi connectivity index (χ3n) is 2.53. The molecule has 0 aliphatic carbocycles. The smallest absolute Gasteiger partial charge is 0.416 e. The second-order valence-electron chi connectivity index (χ2n) is 3.99. The van der Waals surface area contributed by atoms with Crippen LogP contribution in [0.4, 0.5) is 18.9 Å². The predicted octanol–water partition coefficient (Wildman–Crippen LogP) is 5.17. The quantitative estimate of drug-likeness (QED) is 0.559. The lowest BCUT2D eigenvalue weighted by Crippen LogP contribution is -2.04. The van der Waals surface area contributed by atoms with Crippen LogP contribution in [0.25, 0.3) is 0 Å². The van der Waals surface area contributed by atoms with Crippen molar-refractivity contribution >= 4 is 21.6 Å². The molecule has 0 aromatic heterocycles. The van der Waals surface area contributed by atoms with E-state index in [1.807, 2.05) is 0 Å². The van der Waals surface area contributed by atoms with Gasteiger partial charge < -0.3 is 4.74 Å². The van der Waals surface area contributed by atoms with Crippen LogP contribution in [0, 0.1) is 10.1 Å². The van der Waals surface area contributed by atoms with E-state index in [-0.39, 0.29) is 17.2 Å². The Morgan fingerprint density at radius 2 is 1.71 bits per heavy atom. The van der Waals surface area contributed by atoms with Crippen LogP contribution in [0.5, 0.6) is 11.5 Å². The fraction of sp³-hybridized carbons (Fsp3) is 0.0769. The maximum absolute atomic E-state index is 12.4. The Hall–Kier alpha value is -2.09. The normalized spacial score (nSPS) is 11.2. The van der Waals surface area contributed by atoms with Gasteiger partial charge in [-0.2, -0.15) is 13.2 Å². The summed E-state index contributed by atoms with van der Waals surface area (Å²) in [5.74, 6) is 0.0244. The first-order valence-electron chi connectivity index (χ1n) is 5.56. The van der Waals surface area contributed by atoms with Crippen molar-refractivity contribution in [2.75, 3.05) is 0 Å². The Labute approximate surface area is 125 Å². The van der Waals surface area contributed by atoms with Gasteiger partial charge in [-0.05, 0) is 36.4 Å². The molecule has 0 saturated carbocycles. The summed E-state index contributed by atoms with van der Waals surface area (Å²) in [6.07, 6.45) is -4.44. The van der Waals surface area contributed by atoms with Crippen molar-refractivity contribution in [3.63, 3.8) is 0 Å². The minimum Gasteiger partial charge on any atom is -0.450 e. The van der Waals surface area contributed by atoms with Crippen LogP contribution >= 0.6 is 15.9 Å². The molecule has 110 valence electrons. The van der Waals surface area contributed by atoms with Crippen LogP contribution in [0.1, 0.15) is 5.56 Å². The van der Waals surface area contributed by atoms with Gasteiger partial charge >= 0.3 is 11.9 Å². The lowest BCUT2D eigenvalue weighted by atomic mass is 10.2. The molecule has 2 aromatic rings. The van der Waals surface area contributed by atoms with E-state index in [4.69, 9.17) is 4.74 Å². The molecular formula is C13H7BrF3NO3. The highest BCUT2D eigenvalue weighted by Gasteiger charge is 2.30. The number of nitro benzene ring substituents is 1. The van der Waals surface area contributed by atoms with Gasteiger partial charge in [-0.15, -0.1) is 0 Å². The molecule has 0 unspecified atom stereocenters. The van der Waals surface area contributed by atoms with Crippen LogP contribution in [0.15, 0.2) is 46.9 Å². The molecule has 0 heterocycles. The molecule has 0 N–H and O–H groups in total. The van der Waals surface area contributed by atoms with E-state index < -0.39 is 16.7 Å². The molecule has 0 saturated heterocycles. The zero-order valence-electron chi connectivity index (χ0n) is 10.2. The van der Waals surface area contributed by atoms with Gasteiger partial charge in [0.25, 0.3) is 0 Å². The number of nitro groups is 1. The zero-order valence-corrected chi connectivity index (χ0v) is 11.8. The molecule has 0 radical (unpaired) electrons. The second-order valence-corrected chi connectivity index (χ2v) is 4.91. The van der Waals surface area contributed by atoms with E-state index in [1.165, 1.54) is 18.2 Å². The maximum Gasteiger partial charge on any atom is 0.416 e. The molecule has 0 bridgehead atoms. The number of nitrogens with zero attached hydrogens (tertiary/aromatic N) is 1. The fourth-order valence-electron chi connectivity index (χ4n) is 1.56. The molecule has 8 heteroatoms. The lowest BCUT2D eigenvalue weighted by molar-refractivity contribution is -0.385. The SMILES string of the molecule is O=[N+]([O-])c1cc(Br)ccc1Oc1ccc(C(F)(F)F)cc1. The summed E-state index contributed by atoms with van der Waals surface area (Å²) in [5, 5.41) is 10.9. The van der Waals surface area contributed by atoms with Gasteiger partial charge in [0, 0.05) is 10.5 Å². The molecular weight excluding hydrogens is 355 g/mol. The molecule has 0 atom stereocenters. The average molecular weight is 362 g/mol. The van der Waals surface area contributed by atoms with Crippen molar-refractivity contribution in [1.29, 1.82) is 0 Å². The zero-order chi connectivity index (χ0) is 15.6. The van der Waals surface area contributed by atoms with Crippen molar-refractivity contribution < 1.29 is 22.8 Å². The van der Waals surface area contributed by atoms with E-state index >= 15 is 0 Å². The number of hydrogen-bond donors (Lipinski definition) is 0. The van der Waals surface area contributed by atoms with Crippen LogP contribution in [-0.2, 0) is 6.18 Å². The van der Waals surface area contributed by atoms with Gasteiger partial charge in [0.15, 0.2) is 0 Å². The van der Waals surface area contributed by atoms with Crippen molar-refractivity contribution in [3.05, 3.63) is 62.6 Å². The number of ether oxygens (including phenoxy) is 1. The van der Waals surface area contributed by atoms with E-state index in [0.717, 1.165) is 24.3 Å². The van der Waals surface area contributed by atoms with Crippen LogP contribution < -0.4 is 4.74 Å². The molecule has 0 spiro atoms. The van der Waals surface area contributed by atoms with Gasteiger partial charge in [-0.1, -0.05) is 15.9 Å². The number of hydrogen-bond acceptors (Lipinski definition) is 3. The van der Waals surface area contributed by atoms with Crippen molar-refractivity contribution in [1.82, 2.24) is 0 Å². The Balaban J connectivity index is 2.28. The van der Waals surface area contributed by atoms with Crippen LogP contribution in [0.3, 0.4) is 0 Å². The highest BCUT2D eigenvalue weighted by atomic mass is 79.9. The van der Waals surface area contributed by atoms with Crippen molar-refractivity contribution in [3.8, 4) is 11.5 Å². The number of alkyl halides is 3. The Morgan fingerprint density at radius 1 is 1.10 bits per heavy atom. The highest BCUT2D eigenvalue weighted by Crippen LogP contribution is 2.35. The van der Waals surface area contributed by atoms with Gasteiger partial charge in [0.05, 0.1) is 10.5 Å². The Bertz CT molecular complexity index is 671. The summed E-state index contributed by atoms with van der Waals surface area (Å²) in [6, 6.07) is 8.05. The molecule has 0 aliphatic heterocycles. The average Bonchev–Trinajstić information content (AvgIpc) is 2.40. The van der Waals surface area contributed by atoms with Crippen LogP contribution in [0.2, 0.25) is 0 Å². The van der Waals surface area contributed by atoms with Gasteiger partial charge in [0.1, 0.15) is 5.75 Å². The summed E-state index contributed by atoms with van der Waals surface area (Å²) >= 11 is 3.10. The summed E-state index contributed by atoms with van der Waals surface area (Å²) in [5.41, 5.74) is -1.11. The molecule has 4 nitrogen and oxygen atoms in total. The summed E-state index contributed by atoms with van der Waals surface area (Å²) in [4.78, 5) is 10.3. The van der Waals surface area contributed by atoms with Crippen molar-refractivity contribution in [2.24, 2.45) is 0 Å². The van der Waals surface area contributed by atoms with E-state index in [9.17, 15) is 23.3 Å².